The SMILES string of the molecule is CCCN(CCC)C(=O)Cn1cnc2cc(C)c(C)cc21. The second-order valence-corrected chi connectivity index (χ2v) is 5.68. The van der Waals surface area contributed by atoms with E-state index >= 15 is 0 Å². The first kappa shape index (κ1) is 15.5. The average Bonchev–Trinajstić information content (AvgIpc) is 2.81. The van der Waals surface area contributed by atoms with E-state index in [-0.39, 0.29) is 5.91 Å². The number of nitrogens with zero attached hydrogens (tertiary/aromatic N) is 3. The molecule has 0 fully saturated rings. The summed E-state index contributed by atoms with van der Waals surface area (Å²) in [4.78, 5) is 18.8. The molecule has 21 heavy (non-hydrogen) atoms. The molecule has 114 valence electrons. The Bertz CT molecular complexity index is 624. The van der Waals surface area contributed by atoms with Crippen LogP contribution in [0.5, 0.6) is 0 Å². The number of aromatic nitrogens is 2. The Labute approximate surface area is 126 Å². The van der Waals surface area contributed by atoms with Crippen molar-refractivity contribution in [3.8, 4) is 0 Å². The van der Waals surface area contributed by atoms with Gasteiger partial charge in [-0.25, -0.2) is 4.98 Å². The Hall–Kier alpha value is -1.84. The summed E-state index contributed by atoms with van der Waals surface area (Å²) >= 11 is 0. The van der Waals surface area contributed by atoms with Crippen molar-refractivity contribution < 1.29 is 4.79 Å². The topological polar surface area (TPSA) is 38.1 Å². The minimum atomic E-state index is 0.177. The molecule has 0 aliphatic heterocycles. The maximum absolute atomic E-state index is 12.5. The number of aryl methyl sites for hydroxylation is 2. The number of carbonyl (C=O) groups is 1. The third-order valence-corrected chi connectivity index (χ3v) is 3.88. The van der Waals surface area contributed by atoms with Crippen molar-refractivity contribution in [2.24, 2.45) is 0 Å². The van der Waals surface area contributed by atoms with Gasteiger partial charge in [0.15, 0.2) is 0 Å². The Morgan fingerprint density at radius 2 is 1.76 bits per heavy atom. The van der Waals surface area contributed by atoms with Crippen molar-refractivity contribution in [1.82, 2.24) is 14.5 Å². The first-order valence-corrected chi connectivity index (χ1v) is 7.76. The first-order valence-electron chi connectivity index (χ1n) is 7.76. The average molecular weight is 287 g/mol. The molecule has 1 amide bonds. The smallest absolute Gasteiger partial charge is 0.242 e. The fraction of sp³-hybridized carbons (Fsp3) is 0.529. The summed E-state index contributed by atoms with van der Waals surface area (Å²) in [5.74, 6) is 0.177. The number of benzene rings is 1. The van der Waals surface area contributed by atoms with E-state index in [1.165, 1.54) is 11.1 Å². The Morgan fingerprint density at radius 1 is 1.14 bits per heavy atom. The monoisotopic (exact) mass is 287 g/mol. The fourth-order valence-corrected chi connectivity index (χ4v) is 2.59. The van der Waals surface area contributed by atoms with Gasteiger partial charge in [0, 0.05) is 13.1 Å². The second-order valence-electron chi connectivity index (χ2n) is 5.68. The molecule has 4 nitrogen and oxygen atoms in total. The summed E-state index contributed by atoms with van der Waals surface area (Å²) in [6.45, 7) is 10.4. The summed E-state index contributed by atoms with van der Waals surface area (Å²) in [6, 6.07) is 4.20. The lowest BCUT2D eigenvalue weighted by atomic mass is 10.1. The van der Waals surface area contributed by atoms with Gasteiger partial charge in [0.25, 0.3) is 0 Å². The highest BCUT2D eigenvalue weighted by molar-refractivity contribution is 5.81. The summed E-state index contributed by atoms with van der Waals surface area (Å²) in [6.07, 6.45) is 3.76. The molecule has 0 aliphatic carbocycles. The third-order valence-electron chi connectivity index (χ3n) is 3.88. The van der Waals surface area contributed by atoms with Crippen molar-refractivity contribution in [3.05, 3.63) is 29.6 Å². The van der Waals surface area contributed by atoms with E-state index in [1.807, 2.05) is 9.47 Å². The zero-order valence-corrected chi connectivity index (χ0v) is 13.5. The molecule has 0 atom stereocenters. The highest BCUT2D eigenvalue weighted by Crippen LogP contribution is 2.18. The molecule has 4 heteroatoms. The van der Waals surface area contributed by atoms with Gasteiger partial charge in [-0.05, 0) is 49.9 Å². The standard InChI is InChI=1S/C17H25N3O/c1-5-7-19(8-6-2)17(21)11-20-12-18-15-9-13(3)14(4)10-16(15)20/h9-10,12H,5-8,11H2,1-4H3. The number of amides is 1. The van der Waals surface area contributed by atoms with Crippen LogP contribution in [-0.2, 0) is 11.3 Å². The number of imidazole rings is 1. The summed E-state index contributed by atoms with van der Waals surface area (Å²) in [7, 11) is 0. The molecule has 2 rings (SSSR count). The van der Waals surface area contributed by atoms with Crippen LogP contribution in [0.4, 0.5) is 0 Å². The summed E-state index contributed by atoms with van der Waals surface area (Å²) in [5, 5.41) is 0. The van der Waals surface area contributed by atoms with Crippen LogP contribution in [0.25, 0.3) is 11.0 Å². The van der Waals surface area contributed by atoms with Gasteiger partial charge in [0.1, 0.15) is 6.54 Å². The van der Waals surface area contributed by atoms with Crippen LogP contribution in [0.1, 0.15) is 37.8 Å². The van der Waals surface area contributed by atoms with Crippen LogP contribution in [0, 0.1) is 13.8 Å². The van der Waals surface area contributed by atoms with E-state index in [0.717, 1.165) is 37.0 Å². The van der Waals surface area contributed by atoms with Crippen molar-refractivity contribution in [2.75, 3.05) is 13.1 Å². The van der Waals surface area contributed by atoms with E-state index in [9.17, 15) is 4.79 Å². The predicted molar refractivity (Wildman–Crippen MR) is 86.4 cm³/mol. The van der Waals surface area contributed by atoms with E-state index in [0.29, 0.717) is 6.54 Å². The lowest BCUT2D eigenvalue weighted by Crippen LogP contribution is -2.35. The number of hydrogen-bond donors (Lipinski definition) is 0. The second kappa shape index (κ2) is 6.74. The van der Waals surface area contributed by atoms with E-state index in [2.05, 4.69) is 44.8 Å². The number of rotatable bonds is 6. The molecule has 0 radical (unpaired) electrons. The van der Waals surface area contributed by atoms with Gasteiger partial charge in [-0.2, -0.15) is 0 Å². The van der Waals surface area contributed by atoms with Crippen LogP contribution in [0.2, 0.25) is 0 Å². The lowest BCUT2D eigenvalue weighted by Gasteiger charge is -2.21. The fourth-order valence-electron chi connectivity index (χ4n) is 2.59. The first-order chi connectivity index (χ1) is 10.1. The zero-order chi connectivity index (χ0) is 15.4. The number of carbonyl (C=O) groups excluding carboxylic acids is 1. The molecule has 0 bridgehead atoms. The molecule has 2 aromatic rings. The number of hydrogen-bond acceptors (Lipinski definition) is 2. The van der Waals surface area contributed by atoms with Crippen LogP contribution in [-0.4, -0.2) is 33.4 Å². The van der Waals surface area contributed by atoms with Crippen molar-refractivity contribution in [3.63, 3.8) is 0 Å². The molecular weight excluding hydrogens is 262 g/mol. The molecule has 0 N–H and O–H groups in total. The van der Waals surface area contributed by atoms with Crippen molar-refractivity contribution in [2.45, 2.75) is 47.1 Å². The highest BCUT2D eigenvalue weighted by atomic mass is 16.2. The zero-order valence-electron chi connectivity index (χ0n) is 13.5. The Morgan fingerprint density at radius 3 is 2.38 bits per heavy atom. The number of fused-ring (bicyclic) bond motifs is 1. The normalized spacial score (nSPS) is 11.0. The molecule has 0 saturated carbocycles. The Kier molecular flexibility index (Phi) is 4.99. The lowest BCUT2D eigenvalue weighted by molar-refractivity contribution is -0.131. The van der Waals surface area contributed by atoms with E-state index in [4.69, 9.17) is 0 Å². The molecule has 1 heterocycles. The minimum Gasteiger partial charge on any atom is -0.341 e. The molecule has 0 unspecified atom stereocenters. The van der Waals surface area contributed by atoms with Gasteiger partial charge in [0.05, 0.1) is 17.4 Å². The predicted octanol–water partition coefficient (Wildman–Crippen LogP) is 3.30. The van der Waals surface area contributed by atoms with Gasteiger partial charge < -0.3 is 9.47 Å². The van der Waals surface area contributed by atoms with Gasteiger partial charge in [0.2, 0.25) is 5.91 Å². The Balaban J connectivity index is 2.22. The molecule has 1 aromatic carbocycles. The van der Waals surface area contributed by atoms with Gasteiger partial charge in [-0.3, -0.25) is 4.79 Å². The molecule has 0 saturated heterocycles. The molecular formula is C17H25N3O. The quantitative estimate of drug-likeness (QED) is 0.817. The van der Waals surface area contributed by atoms with Crippen molar-refractivity contribution in [1.29, 1.82) is 0 Å². The van der Waals surface area contributed by atoms with E-state index < -0.39 is 0 Å². The van der Waals surface area contributed by atoms with Crippen LogP contribution in [0.15, 0.2) is 18.5 Å². The maximum atomic E-state index is 12.5. The van der Waals surface area contributed by atoms with Crippen LogP contribution < -0.4 is 0 Å². The van der Waals surface area contributed by atoms with Crippen molar-refractivity contribution >= 4 is 16.9 Å². The highest BCUT2D eigenvalue weighted by Gasteiger charge is 2.14. The van der Waals surface area contributed by atoms with E-state index in [1.54, 1.807) is 6.33 Å². The summed E-state index contributed by atoms with van der Waals surface area (Å²) < 4.78 is 1.96. The van der Waals surface area contributed by atoms with Gasteiger partial charge in [-0.15, -0.1) is 0 Å². The van der Waals surface area contributed by atoms with Gasteiger partial charge in [-0.1, -0.05) is 13.8 Å². The third kappa shape index (κ3) is 3.43. The minimum absolute atomic E-state index is 0.177. The molecule has 0 aliphatic rings. The summed E-state index contributed by atoms with van der Waals surface area (Å²) in [5.41, 5.74) is 4.47. The maximum Gasteiger partial charge on any atom is 0.242 e. The molecule has 1 aromatic heterocycles. The largest absolute Gasteiger partial charge is 0.341 e. The molecule has 0 spiro atoms. The van der Waals surface area contributed by atoms with Crippen LogP contribution >= 0.6 is 0 Å². The van der Waals surface area contributed by atoms with Crippen LogP contribution in [0.3, 0.4) is 0 Å². The van der Waals surface area contributed by atoms with Gasteiger partial charge >= 0.3 is 0 Å².